The lowest BCUT2D eigenvalue weighted by Gasteiger charge is -2.21. The van der Waals surface area contributed by atoms with Crippen LogP contribution in [0, 0.1) is 0 Å². The summed E-state index contributed by atoms with van der Waals surface area (Å²) in [7, 11) is -10.3. The Balaban J connectivity index is 1.71. The number of carbonyl (C=O) groups is 1. The Morgan fingerprint density at radius 2 is 1.65 bits per heavy atom. The van der Waals surface area contributed by atoms with Gasteiger partial charge in [-0.2, -0.15) is 4.98 Å². The number of aromatic nitrogens is 2. The molecule has 1 aliphatic heterocycles. The predicted molar refractivity (Wildman–Crippen MR) is 161 cm³/mol. The number of hydrogen-bond donors (Lipinski definition) is 7. The van der Waals surface area contributed by atoms with Crippen LogP contribution < -0.4 is 16.7 Å². The second-order valence-corrected chi connectivity index (χ2v) is 12.3. The lowest BCUT2D eigenvalue weighted by atomic mass is 10.1. The van der Waals surface area contributed by atoms with Gasteiger partial charge in [-0.25, -0.2) is 13.9 Å². The van der Waals surface area contributed by atoms with Crippen LogP contribution in [0.15, 0.2) is 16.1 Å². The van der Waals surface area contributed by atoms with E-state index in [9.17, 15) is 33.6 Å². The summed E-state index contributed by atoms with van der Waals surface area (Å²) in [6.45, 7) is 2.11. The fraction of sp³-hybridized carbons (Fsp3) is 0.783. The topological polar surface area (TPSA) is 339 Å². The number of hydrogen-bond acceptors (Lipinski definition) is 15. The van der Waals surface area contributed by atoms with Gasteiger partial charge in [-0.1, -0.05) is 5.11 Å². The average molecular weight is 734 g/mol. The number of amides is 1. The minimum atomic E-state index is -5.23. The summed E-state index contributed by atoms with van der Waals surface area (Å²) < 4.78 is 58.9. The molecule has 1 unspecified atom stereocenters. The molecule has 8 N–H and O–H groups in total. The molecule has 1 saturated heterocycles. The Kier molecular flexibility index (Phi) is 18.6. The summed E-state index contributed by atoms with van der Waals surface area (Å²) >= 11 is 0. The van der Waals surface area contributed by atoms with E-state index in [0.717, 1.165) is 4.57 Å². The van der Waals surface area contributed by atoms with Gasteiger partial charge in [0.15, 0.2) is 6.23 Å². The van der Waals surface area contributed by atoms with Crippen molar-refractivity contribution in [3.8, 4) is 0 Å². The van der Waals surface area contributed by atoms with E-state index in [4.69, 9.17) is 44.7 Å². The number of ether oxygens (including phenoxy) is 5. The average Bonchev–Trinajstić information content (AvgIpc) is 3.29. The van der Waals surface area contributed by atoms with E-state index in [-0.39, 0.29) is 50.9 Å². The molecule has 2 heterocycles. The fourth-order valence-electron chi connectivity index (χ4n) is 4.11. The van der Waals surface area contributed by atoms with E-state index in [2.05, 4.69) is 29.4 Å². The number of anilines is 1. The van der Waals surface area contributed by atoms with Crippen molar-refractivity contribution < 1.29 is 71.3 Å². The van der Waals surface area contributed by atoms with E-state index < -0.39 is 52.5 Å². The van der Waals surface area contributed by atoms with E-state index in [1.54, 1.807) is 0 Å². The summed E-state index contributed by atoms with van der Waals surface area (Å²) in [5.74, 6) is -0.418. The first-order valence-corrected chi connectivity index (χ1v) is 17.5. The lowest BCUT2D eigenvalue weighted by Crippen LogP contribution is -2.38. The Morgan fingerprint density at radius 3 is 2.23 bits per heavy atom. The first-order valence-electron chi connectivity index (χ1n) is 14.5. The molecular weight excluding hydrogens is 692 g/mol. The molecule has 23 nitrogen and oxygen atoms in total. The molecule has 2 rings (SSSR count). The summed E-state index contributed by atoms with van der Waals surface area (Å²) in [6, 6.07) is 0. The molecule has 0 radical (unpaired) electrons. The van der Waals surface area contributed by atoms with Crippen LogP contribution in [-0.2, 0) is 53.1 Å². The number of aryl methyl sites for hydroxylation is 1. The van der Waals surface area contributed by atoms with Crippen LogP contribution in [0.1, 0.15) is 24.6 Å². The van der Waals surface area contributed by atoms with Gasteiger partial charge in [0.1, 0.15) is 24.1 Å². The van der Waals surface area contributed by atoms with Crippen molar-refractivity contribution in [2.24, 2.45) is 5.11 Å². The summed E-state index contributed by atoms with van der Waals surface area (Å²) in [6.07, 6.45) is -5.14. The monoisotopic (exact) mass is 733 g/mol. The van der Waals surface area contributed by atoms with Gasteiger partial charge >= 0.3 is 21.3 Å². The third-order valence-electron chi connectivity index (χ3n) is 6.24. The number of nitrogen functional groups attached to an aromatic ring is 1. The van der Waals surface area contributed by atoms with Gasteiger partial charge in [-0.3, -0.25) is 18.4 Å². The van der Waals surface area contributed by atoms with Crippen molar-refractivity contribution >= 4 is 27.4 Å². The van der Waals surface area contributed by atoms with Crippen LogP contribution in [0.25, 0.3) is 10.4 Å². The highest BCUT2D eigenvalue weighted by molar-refractivity contribution is 7.46. The third-order valence-corrected chi connectivity index (χ3v) is 7.25. The third kappa shape index (κ3) is 16.7. The zero-order valence-corrected chi connectivity index (χ0v) is 27.5. The zero-order chi connectivity index (χ0) is 35.6. The van der Waals surface area contributed by atoms with Gasteiger partial charge in [0.2, 0.25) is 5.91 Å². The summed E-state index contributed by atoms with van der Waals surface area (Å²) in [5, 5.41) is 16.7. The molecule has 0 bridgehead atoms. The normalized spacial score (nSPS) is 19.7. The van der Waals surface area contributed by atoms with Crippen LogP contribution in [0.3, 0.4) is 0 Å². The number of phosphoric acid groups is 2. The predicted octanol–water partition coefficient (Wildman–Crippen LogP) is -1.51. The van der Waals surface area contributed by atoms with E-state index in [0.29, 0.717) is 51.6 Å². The standard InChI is InChI=1S/C23H41N7O16P2/c24-21-16(2-1-4-26-18(31)3-6-40-8-10-42-12-13-43-11-9-41-7-5-27-29-25)14-30(23(33)28-21)22-19(32)20(46-48(37,38)39)17(45-22)15-44-47(34,35)36/h14,17,19-20,22,32H,1-13,15H2,(H,26,31)(H2,24,28,33)(H2,34,35,36)(H2,37,38,39)/t17-,19+,20?,22-/m1/s1. The van der Waals surface area contributed by atoms with Crippen LogP contribution in [0.5, 0.6) is 0 Å². The molecule has 1 aromatic rings. The molecule has 274 valence electrons. The zero-order valence-electron chi connectivity index (χ0n) is 25.7. The highest BCUT2D eigenvalue weighted by atomic mass is 31.2. The van der Waals surface area contributed by atoms with Gasteiger partial charge in [-0.15, -0.1) is 0 Å². The Hall–Kier alpha value is -2.56. The molecule has 25 heteroatoms. The number of rotatable bonds is 25. The number of nitrogens with one attached hydrogen (secondary N) is 1. The highest BCUT2D eigenvalue weighted by Gasteiger charge is 2.49. The number of carbonyl (C=O) groups excluding carboxylic acids is 1. The van der Waals surface area contributed by atoms with Crippen LogP contribution in [-0.4, -0.2) is 131 Å². The van der Waals surface area contributed by atoms with Crippen molar-refractivity contribution in [3.63, 3.8) is 0 Å². The maximum Gasteiger partial charge on any atom is 0.470 e. The van der Waals surface area contributed by atoms with Gasteiger partial charge in [0.25, 0.3) is 0 Å². The Morgan fingerprint density at radius 1 is 1.04 bits per heavy atom. The molecule has 0 spiro atoms. The SMILES string of the molecule is [N-]=[N+]=NCCOCCOCCOCCOCCC(=O)NCCCc1cn([C@@H]2O[C@H](COP(=O)(O)O)C(OP(=O)(O)O)[C@@H]2O)c(=O)nc1N. The molecular formula is C23H41N7O16P2. The second-order valence-electron chi connectivity index (χ2n) is 9.85. The largest absolute Gasteiger partial charge is 0.470 e. The molecule has 0 saturated carbocycles. The fourth-order valence-corrected chi connectivity index (χ4v) is 5.03. The number of aliphatic hydroxyl groups is 1. The second kappa shape index (κ2) is 21.5. The lowest BCUT2D eigenvalue weighted by molar-refractivity contribution is -0.122. The minimum Gasteiger partial charge on any atom is -0.386 e. The molecule has 1 fully saturated rings. The minimum absolute atomic E-state index is 0.0962. The van der Waals surface area contributed by atoms with Gasteiger partial charge in [0, 0.05) is 36.2 Å². The van der Waals surface area contributed by atoms with Gasteiger partial charge in [0.05, 0.1) is 59.5 Å². The Bertz CT molecular complexity index is 1340. The Labute approximate surface area is 273 Å². The number of aliphatic hydroxyl groups excluding tert-OH is 1. The van der Waals surface area contributed by atoms with Gasteiger partial charge < -0.3 is 59.4 Å². The first-order chi connectivity index (χ1) is 22.7. The summed E-state index contributed by atoms with van der Waals surface area (Å²) in [5.41, 5.74) is 13.3. The van der Waals surface area contributed by atoms with Crippen LogP contribution in [0.2, 0.25) is 0 Å². The quantitative estimate of drug-likeness (QED) is 0.0197. The molecule has 1 amide bonds. The van der Waals surface area contributed by atoms with E-state index in [1.165, 1.54) is 6.20 Å². The molecule has 0 aliphatic carbocycles. The number of phosphoric ester groups is 2. The van der Waals surface area contributed by atoms with Crippen molar-refractivity contribution in [2.75, 3.05) is 78.3 Å². The van der Waals surface area contributed by atoms with Gasteiger partial charge in [-0.05, 0) is 18.4 Å². The maximum atomic E-state index is 12.6. The number of nitrogens with two attached hydrogens (primary N) is 1. The smallest absolute Gasteiger partial charge is 0.386 e. The van der Waals surface area contributed by atoms with Crippen LogP contribution >= 0.6 is 15.6 Å². The maximum absolute atomic E-state index is 12.6. The van der Waals surface area contributed by atoms with Crippen molar-refractivity contribution in [1.29, 1.82) is 0 Å². The number of azide groups is 1. The molecule has 0 aromatic carbocycles. The molecule has 48 heavy (non-hydrogen) atoms. The van der Waals surface area contributed by atoms with E-state index in [1.807, 2.05) is 0 Å². The molecule has 4 atom stereocenters. The van der Waals surface area contributed by atoms with Crippen molar-refractivity contribution in [2.45, 2.75) is 43.8 Å². The molecule has 1 aromatic heterocycles. The van der Waals surface area contributed by atoms with Crippen molar-refractivity contribution in [3.05, 3.63) is 32.7 Å². The summed E-state index contributed by atoms with van der Waals surface area (Å²) in [4.78, 5) is 67.4. The van der Waals surface area contributed by atoms with Crippen molar-refractivity contribution in [1.82, 2.24) is 14.9 Å². The molecule has 1 aliphatic rings. The number of nitrogens with zero attached hydrogens (tertiary/aromatic N) is 5. The highest BCUT2D eigenvalue weighted by Crippen LogP contribution is 2.45. The van der Waals surface area contributed by atoms with Crippen LogP contribution in [0.4, 0.5) is 5.82 Å². The van der Waals surface area contributed by atoms with E-state index >= 15 is 0 Å². The first kappa shape index (κ1) is 41.6.